The molecule has 1 rings (SSSR count). The van der Waals surface area contributed by atoms with Gasteiger partial charge in [0.15, 0.2) is 10.9 Å². The maximum atomic E-state index is 11.2. The molecule has 134 valence electrons. The molecular weight excluding hydrogens is 378 g/mol. The van der Waals surface area contributed by atoms with Crippen LogP contribution in [-0.4, -0.2) is 45.5 Å². The zero-order chi connectivity index (χ0) is 18.4. The number of rotatable bonds is 8. The molecule has 0 atom stereocenters. The van der Waals surface area contributed by atoms with Crippen molar-refractivity contribution in [2.45, 2.75) is 26.2 Å². The lowest BCUT2D eigenvalue weighted by atomic mass is 10.1. The molecule has 0 aliphatic heterocycles. The van der Waals surface area contributed by atoms with Gasteiger partial charge < -0.3 is 9.79 Å². The van der Waals surface area contributed by atoms with E-state index >= 15 is 0 Å². The van der Waals surface area contributed by atoms with E-state index in [1.165, 1.54) is 30.9 Å². The second-order valence-electron chi connectivity index (χ2n) is 4.84. The standard InChI is InChI=1S/C12H18N2O7P2S/c1-9(15)24-7-3-2-4-10-5-6-13-11(8-10)14-12(22(16,17)18)23(19,20)21/h5-6,8,16-18H,2-4,7H2,1H3,(H-,19,20,21)/p+1. The van der Waals surface area contributed by atoms with Crippen LogP contribution < -0.4 is 0 Å². The van der Waals surface area contributed by atoms with Crippen molar-refractivity contribution < 1.29 is 33.8 Å². The molecule has 24 heavy (non-hydrogen) atoms. The van der Waals surface area contributed by atoms with Crippen molar-refractivity contribution >= 4 is 43.4 Å². The van der Waals surface area contributed by atoms with E-state index in [9.17, 15) is 9.36 Å². The zero-order valence-corrected chi connectivity index (χ0v) is 15.4. The summed E-state index contributed by atoms with van der Waals surface area (Å²) in [6.45, 7) is 1.50. The molecule has 0 aliphatic rings. The van der Waals surface area contributed by atoms with Crippen LogP contribution in [0.2, 0.25) is 0 Å². The first-order chi connectivity index (χ1) is 11.0. The third-order valence-corrected chi connectivity index (χ3v) is 6.46. The Bertz CT molecular complexity index is 657. The predicted octanol–water partition coefficient (Wildman–Crippen LogP) is 1.59. The number of pyridine rings is 1. The number of carbonyl (C=O) groups is 1. The van der Waals surface area contributed by atoms with E-state index in [4.69, 9.17) is 24.5 Å². The van der Waals surface area contributed by atoms with E-state index < -0.39 is 20.7 Å². The molecule has 0 saturated carbocycles. The first-order valence-electron chi connectivity index (χ1n) is 6.81. The van der Waals surface area contributed by atoms with Crippen LogP contribution in [0.3, 0.4) is 0 Å². The first-order valence-corrected chi connectivity index (χ1v) is 11.1. The first kappa shape index (κ1) is 21.3. The Morgan fingerprint density at radius 2 is 2.00 bits per heavy atom. The summed E-state index contributed by atoms with van der Waals surface area (Å²) < 4.78 is 11.2. The fraction of sp³-hybridized carbons (Fsp3) is 0.417. The summed E-state index contributed by atoms with van der Waals surface area (Å²) in [6.07, 6.45) is 3.60. The van der Waals surface area contributed by atoms with Crippen molar-refractivity contribution in [3.05, 3.63) is 23.9 Å². The lowest BCUT2D eigenvalue weighted by Crippen LogP contribution is -2.06. The predicted molar refractivity (Wildman–Crippen MR) is 93.0 cm³/mol. The average Bonchev–Trinajstić information content (AvgIpc) is 2.42. The lowest BCUT2D eigenvalue weighted by molar-refractivity contribution is -0.109. The van der Waals surface area contributed by atoms with Gasteiger partial charge >= 0.3 is 20.7 Å². The summed E-state index contributed by atoms with van der Waals surface area (Å²) in [4.78, 5) is 63.5. The van der Waals surface area contributed by atoms with E-state index in [1.54, 1.807) is 6.07 Å². The fourth-order valence-electron chi connectivity index (χ4n) is 1.73. The molecule has 12 heteroatoms. The third-order valence-electron chi connectivity index (χ3n) is 2.72. The third kappa shape index (κ3) is 7.92. The summed E-state index contributed by atoms with van der Waals surface area (Å²) in [5.74, 6) is 0.561. The quantitative estimate of drug-likeness (QED) is 0.249. The smallest absolute Gasteiger partial charge is 0.317 e. The van der Waals surface area contributed by atoms with Gasteiger partial charge in [0.2, 0.25) is 0 Å². The minimum atomic E-state index is -5.14. The number of carbonyl (C=O) groups excluding carboxylic acids is 1. The van der Waals surface area contributed by atoms with Gasteiger partial charge in [-0.2, -0.15) is 19.7 Å². The largest absolute Gasteiger partial charge is 0.469 e. The number of nitrogens with zero attached hydrogens (tertiary/aromatic N) is 2. The summed E-state index contributed by atoms with van der Waals surface area (Å²) in [5, 5.41) is -1.33. The maximum Gasteiger partial charge on any atom is 0.469 e. The van der Waals surface area contributed by atoms with Gasteiger partial charge in [-0.05, 0) is 37.0 Å². The molecule has 5 N–H and O–H groups in total. The highest BCUT2D eigenvalue weighted by Crippen LogP contribution is 2.60. The number of thioether (sulfide) groups is 1. The molecule has 0 amide bonds. The maximum absolute atomic E-state index is 11.2. The summed E-state index contributed by atoms with van der Waals surface area (Å²) >= 11 is 1.24. The highest BCUT2D eigenvalue weighted by molar-refractivity contribution is 8.13. The van der Waals surface area contributed by atoms with Crippen molar-refractivity contribution in [2.75, 3.05) is 5.75 Å². The second kappa shape index (κ2) is 9.12. The Balaban J connectivity index is 2.82. The second-order valence-corrected chi connectivity index (χ2v) is 9.54. The molecule has 0 unspecified atom stereocenters. The SMILES string of the molecule is CC(=O)SCCCCc1ccnc(N=C(P(=O)(O)O)[P+](O)(O)O)c1. The topological polar surface area (TPSA) is 161 Å². The minimum absolute atomic E-state index is 0.0596. The van der Waals surface area contributed by atoms with Crippen LogP contribution in [0.15, 0.2) is 23.3 Å². The molecule has 9 nitrogen and oxygen atoms in total. The Morgan fingerprint density at radius 3 is 2.54 bits per heavy atom. The van der Waals surface area contributed by atoms with Crippen LogP contribution in [0, 0.1) is 0 Å². The van der Waals surface area contributed by atoms with Gasteiger partial charge in [-0.1, -0.05) is 11.8 Å². The molecule has 1 aromatic heterocycles. The van der Waals surface area contributed by atoms with E-state index in [0.29, 0.717) is 12.2 Å². The normalized spacial score (nSPS) is 13.2. The Morgan fingerprint density at radius 1 is 1.33 bits per heavy atom. The van der Waals surface area contributed by atoms with Crippen LogP contribution in [0.5, 0.6) is 0 Å². The van der Waals surface area contributed by atoms with Gasteiger partial charge in [0.1, 0.15) is 0 Å². The number of aryl methyl sites for hydroxylation is 1. The minimum Gasteiger partial charge on any atom is -0.317 e. The Hall–Kier alpha value is -0.700. The average molecular weight is 397 g/mol. The Kier molecular flexibility index (Phi) is 8.11. The number of unbranched alkanes of at least 4 members (excludes halogenated alkanes) is 1. The highest BCUT2D eigenvalue weighted by Gasteiger charge is 2.51. The number of hydrogen-bond acceptors (Lipinski definition) is 8. The van der Waals surface area contributed by atoms with Crippen molar-refractivity contribution in [2.24, 2.45) is 4.99 Å². The van der Waals surface area contributed by atoms with Crippen molar-refractivity contribution in [3.63, 3.8) is 0 Å². The van der Waals surface area contributed by atoms with Gasteiger partial charge in [0.25, 0.3) is 0 Å². The van der Waals surface area contributed by atoms with E-state index in [-0.39, 0.29) is 10.9 Å². The van der Waals surface area contributed by atoms with Gasteiger partial charge in [-0.25, -0.2) is 9.55 Å². The van der Waals surface area contributed by atoms with Crippen molar-refractivity contribution in [3.8, 4) is 0 Å². The monoisotopic (exact) mass is 397 g/mol. The van der Waals surface area contributed by atoms with Crippen LogP contribution in [0.1, 0.15) is 25.3 Å². The molecule has 0 aromatic carbocycles. The number of hydrogen-bond donors (Lipinski definition) is 5. The zero-order valence-electron chi connectivity index (χ0n) is 12.8. The van der Waals surface area contributed by atoms with Gasteiger partial charge in [0.05, 0.1) is 0 Å². The van der Waals surface area contributed by atoms with Gasteiger partial charge in [0, 0.05) is 18.9 Å². The molecule has 0 bridgehead atoms. The fourth-order valence-corrected chi connectivity index (χ4v) is 4.24. The van der Waals surface area contributed by atoms with Crippen LogP contribution in [0.4, 0.5) is 5.82 Å². The molecule has 0 saturated heterocycles. The number of aliphatic imine (C=N–C) groups is 1. The summed E-state index contributed by atoms with van der Waals surface area (Å²) in [5.41, 5.74) is 0.777. The molecule has 0 aliphatic carbocycles. The van der Waals surface area contributed by atoms with E-state index in [2.05, 4.69) is 9.98 Å². The molecule has 0 radical (unpaired) electrons. The lowest BCUT2D eigenvalue weighted by Gasteiger charge is -2.08. The molecule has 1 aromatic rings. The van der Waals surface area contributed by atoms with E-state index in [0.717, 1.165) is 18.4 Å². The molecular formula is C12H19N2O7P2S+. The van der Waals surface area contributed by atoms with Gasteiger partial charge in [-0.15, -0.1) is 0 Å². The van der Waals surface area contributed by atoms with Crippen LogP contribution in [0.25, 0.3) is 0 Å². The summed E-state index contributed by atoms with van der Waals surface area (Å²) in [6, 6.07) is 3.12. The Labute approximate surface area is 143 Å². The molecule has 0 fully saturated rings. The highest BCUT2D eigenvalue weighted by atomic mass is 32.2. The van der Waals surface area contributed by atoms with Crippen LogP contribution >= 0.6 is 27.3 Å². The molecule has 0 spiro atoms. The summed E-state index contributed by atoms with van der Waals surface area (Å²) in [7, 11) is -10.1. The van der Waals surface area contributed by atoms with Crippen molar-refractivity contribution in [1.82, 2.24) is 4.98 Å². The number of aromatic nitrogens is 1. The van der Waals surface area contributed by atoms with Crippen LogP contribution in [-0.2, 0) is 15.8 Å². The van der Waals surface area contributed by atoms with Gasteiger partial charge in [-0.3, -0.25) is 4.79 Å². The van der Waals surface area contributed by atoms with E-state index in [1.807, 2.05) is 0 Å². The molecule has 1 heterocycles. The van der Waals surface area contributed by atoms with Crippen molar-refractivity contribution in [1.29, 1.82) is 0 Å².